The topological polar surface area (TPSA) is 0 Å². The van der Waals surface area contributed by atoms with E-state index in [0.29, 0.717) is 10.8 Å². The normalized spacial score (nSPS) is 55.9. The highest BCUT2D eigenvalue weighted by atomic mass is 14.7. The minimum atomic E-state index is 0.619. The molecule has 44 heavy (non-hydrogen) atoms. The molecule has 0 spiro atoms. The van der Waals surface area contributed by atoms with E-state index in [1.807, 2.05) is 0 Å². The van der Waals surface area contributed by atoms with E-state index in [1.165, 1.54) is 12.8 Å². The first-order valence-corrected chi connectivity index (χ1v) is 21.4. The molecule has 9 aliphatic carbocycles. The van der Waals surface area contributed by atoms with E-state index >= 15 is 0 Å². The molecule has 0 amide bonds. The van der Waals surface area contributed by atoms with Gasteiger partial charge in [-0.2, -0.15) is 0 Å². The second-order valence-electron chi connectivity index (χ2n) is 20.8. The standard InChI is InChI=1S/C44H72/c1-43(2)37-19-11-9-13-29(37)31-23-21-27(25-39(31)43)41-33-15-5-7-17-35(33)42(36-18-8-6-16-34(36)41)28-22-24-32-30-14-10-12-20-38(30)44(3,4)40(32)26-28/h27-42H,5-26H2,1-4H3. The van der Waals surface area contributed by atoms with E-state index < -0.39 is 0 Å². The SMILES string of the molecule is CC1(C)C2CCCCC2C2CCC(C3C4CCCCC4C(C4CCC5C6CCCCC6C(C)(C)C5C4)C4CCCCC43)CC21. The van der Waals surface area contributed by atoms with Crippen molar-refractivity contribution in [2.45, 2.75) is 169 Å². The molecule has 0 nitrogen and oxygen atoms in total. The molecule has 9 rings (SSSR count). The summed E-state index contributed by atoms with van der Waals surface area (Å²) in [6, 6.07) is 0. The zero-order chi connectivity index (χ0) is 29.8. The summed E-state index contributed by atoms with van der Waals surface area (Å²) < 4.78 is 0. The molecule has 0 saturated heterocycles. The van der Waals surface area contributed by atoms with Crippen LogP contribution in [0.15, 0.2) is 0 Å². The Bertz CT molecular complexity index is 929. The first kappa shape index (κ1) is 30.1. The summed E-state index contributed by atoms with van der Waals surface area (Å²) in [7, 11) is 0. The summed E-state index contributed by atoms with van der Waals surface area (Å²) >= 11 is 0. The van der Waals surface area contributed by atoms with Crippen molar-refractivity contribution in [2.24, 2.45) is 106 Å². The van der Waals surface area contributed by atoms with Gasteiger partial charge in [-0.1, -0.05) is 79.1 Å². The molecule has 0 heterocycles. The third kappa shape index (κ3) is 4.45. The van der Waals surface area contributed by atoms with Gasteiger partial charge in [0, 0.05) is 0 Å². The average molecular weight is 601 g/mol. The van der Waals surface area contributed by atoms with Crippen molar-refractivity contribution < 1.29 is 0 Å². The van der Waals surface area contributed by atoms with Crippen LogP contribution in [0.4, 0.5) is 0 Å². The van der Waals surface area contributed by atoms with E-state index in [-0.39, 0.29) is 0 Å². The van der Waals surface area contributed by atoms with Gasteiger partial charge in [0.15, 0.2) is 0 Å². The van der Waals surface area contributed by atoms with Crippen LogP contribution in [-0.4, -0.2) is 0 Å². The lowest BCUT2D eigenvalue weighted by atomic mass is 9.44. The Hall–Kier alpha value is 0. The van der Waals surface area contributed by atoms with Crippen LogP contribution in [0.25, 0.3) is 0 Å². The Morgan fingerprint density at radius 2 is 0.591 bits per heavy atom. The number of hydrogen-bond donors (Lipinski definition) is 0. The Morgan fingerprint density at radius 1 is 0.295 bits per heavy atom. The number of hydrogen-bond acceptors (Lipinski definition) is 0. The first-order chi connectivity index (χ1) is 21.4. The fourth-order valence-electron chi connectivity index (χ4n) is 18.0. The van der Waals surface area contributed by atoms with Crippen molar-refractivity contribution in [1.82, 2.24) is 0 Å². The van der Waals surface area contributed by atoms with Crippen molar-refractivity contribution in [2.75, 3.05) is 0 Å². The maximum Gasteiger partial charge on any atom is -0.0292 e. The molecule has 0 bridgehead atoms. The molecule has 0 aromatic carbocycles. The lowest BCUT2D eigenvalue weighted by Gasteiger charge is -2.61. The van der Waals surface area contributed by atoms with Crippen LogP contribution in [-0.2, 0) is 0 Å². The molecule has 0 radical (unpaired) electrons. The summed E-state index contributed by atoms with van der Waals surface area (Å²) in [5.74, 6) is 17.5. The van der Waals surface area contributed by atoms with Gasteiger partial charge in [-0.3, -0.25) is 0 Å². The van der Waals surface area contributed by atoms with Gasteiger partial charge < -0.3 is 0 Å². The molecule has 9 saturated carbocycles. The van der Waals surface area contributed by atoms with Crippen LogP contribution in [0.3, 0.4) is 0 Å². The van der Waals surface area contributed by atoms with Crippen molar-refractivity contribution in [3.8, 4) is 0 Å². The van der Waals surface area contributed by atoms with E-state index in [2.05, 4.69) is 27.7 Å². The van der Waals surface area contributed by atoms with Gasteiger partial charge in [0.2, 0.25) is 0 Å². The molecule has 0 aliphatic heterocycles. The summed E-state index contributed by atoms with van der Waals surface area (Å²) in [4.78, 5) is 0. The van der Waals surface area contributed by atoms with Gasteiger partial charge in [-0.15, -0.1) is 0 Å². The fraction of sp³-hybridized carbons (Fsp3) is 1.00. The lowest BCUT2D eigenvalue weighted by Crippen LogP contribution is -2.54. The highest BCUT2D eigenvalue weighted by molar-refractivity contribution is 5.11. The quantitative estimate of drug-likeness (QED) is 0.296. The third-order valence-electron chi connectivity index (χ3n) is 19.3. The van der Waals surface area contributed by atoms with Gasteiger partial charge in [0.05, 0.1) is 0 Å². The second-order valence-corrected chi connectivity index (χ2v) is 20.8. The number of rotatable bonds is 2. The molecule has 0 N–H and O–H groups in total. The monoisotopic (exact) mass is 601 g/mol. The zero-order valence-corrected chi connectivity index (χ0v) is 29.8. The number of fused-ring (bicyclic) bond motifs is 8. The smallest absolute Gasteiger partial charge is 0.0292 e. The fourth-order valence-corrected chi connectivity index (χ4v) is 18.0. The molecule has 9 fully saturated rings. The summed E-state index contributed by atoms with van der Waals surface area (Å²) in [5, 5.41) is 0. The Morgan fingerprint density at radius 3 is 0.955 bits per heavy atom. The van der Waals surface area contributed by atoms with Gasteiger partial charge >= 0.3 is 0 Å². The summed E-state index contributed by atoms with van der Waals surface area (Å²) in [5.41, 5.74) is 1.24. The van der Waals surface area contributed by atoms with Crippen molar-refractivity contribution in [3.63, 3.8) is 0 Å². The van der Waals surface area contributed by atoms with Gasteiger partial charge in [-0.25, -0.2) is 0 Å². The zero-order valence-electron chi connectivity index (χ0n) is 29.8. The molecule has 0 heteroatoms. The predicted molar refractivity (Wildman–Crippen MR) is 185 cm³/mol. The highest BCUT2D eigenvalue weighted by Crippen LogP contribution is 2.70. The summed E-state index contributed by atoms with van der Waals surface area (Å²) in [6.07, 6.45) is 35.1. The third-order valence-corrected chi connectivity index (χ3v) is 19.3. The Balaban J connectivity index is 0.999. The summed E-state index contributed by atoms with van der Waals surface area (Å²) in [6.45, 7) is 11.1. The maximum absolute atomic E-state index is 2.77. The van der Waals surface area contributed by atoms with Crippen LogP contribution in [0.5, 0.6) is 0 Å². The molecular weight excluding hydrogens is 528 g/mol. The molecule has 9 aliphatic rings. The van der Waals surface area contributed by atoms with Crippen LogP contribution >= 0.6 is 0 Å². The molecule has 14 atom stereocenters. The second kappa shape index (κ2) is 11.3. The largest absolute Gasteiger partial charge is 0.0594 e. The van der Waals surface area contributed by atoms with Crippen LogP contribution in [0, 0.1) is 106 Å². The van der Waals surface area contributed by atoms with Crippen molar-refractivity contribution in [3.05, 3.63) is 0 Å². The maximum atomic E-state index is 2.77. The molecule has 0 aromatic heterocycles. The minimum absolute atomic E-state index is 0.619. The van der Waals surface area contributed by atoms with Gasteiger partial charge in [0.1, 0.15) is 0 Å². The minimum Gasteiger partial charge on any atom is -0.0594 e. The van der Waals surface area contributed by atoms with Crippen LogP contribution in [0.1, 0.15) is 169 Å². The van der Waals surface area contributed by atoms with Crippen molar-refractivity contribution >= 4 is 0 Å². The average Bonchev–Trinajstić information content (AvgIpc) is 3.42. The Labute approximate surface area is 273 Å². The lowest BCUT2D eigenvalue weighted by molar-refractivity contribution is -0.124. The van der Waals surface area contributed by atoms with E-state index in [9.17, 15) is 0 Å². The van der Waals surface area contributed by atoms with E-state index in [0.717, 1.165) is 94.7 Å². The van der Waals surface area contributed by atoms with Gasteiger partial charge in [0.25, 0.3) is 0 Å². The molecule has 248 valence electrons. The van der Waals surface area contributed by atoms with Gasteiger partial charge in [-0.05, 0) is 195 Å². The first-order valence-electron chi connectivity index (χ1n) is 21.4. The molecule has 14 unspecified atom stereocenters. The predicted octanol–water partition coefficient (Wildman–Crippen LogP) is 12.6. The highest BCUT2D eigenvalue weighted by Gasteiger charge is 2.62. The van der Waals surface area contributed by atoms with Crippen molar-refractivity contribution in [1.29, 1.82) is 0 Å². The van der Waals surface area contributed by atoms with Crippen LogP contribution in [0.2, 0.25) is 0 Å². The molecule has 0 aromatic rings. The van der Waals surface area contributed by atoms with E-state index in [4.69, 9.17) is 0 Å². The molecular formula is C44H72. The van der Waals surface area contributed by atoms with E-state index in [1.54, 1.807) is 128 Å². The Kier molecular flexibility index (Phi) is 7.71. The van der Waals surface area contributed by atoms with Crippen LogP contribution < -0.4 is 0 Å².